The van der Waals surface area contributed by atoms with E-state index in [-0.39, 0.29) is 17.0 Å². The van der Waals surface area contributed by atoms with Crippen molar-refractivity contribution in [3.63, 3.8) is 0 Å². The smallest absolute Gasteiger partial charge is 0.277 e. The highest BCUT2D eigenvalue weighted by Gasteiger charge is 2.18. The average Bonchev–Trinajstić information content (AvgIpc) is 3.11. The van der Waals surface area contributed by atoms with Gasteiger partial charge in [-0.1, -0.05) is 41.1 Å². The highest BCUT2D eigenvalue weighted by molar-refractivity contribution is 8.00. The lowest BCUT2D eigenvalue weighted by Crippen LogP contribution is -2.32. The Morgan fingerprint density at radius 2 is 1.82 bits per heavy atom. The molecule has 5 nitrogen and oxygen atoms in total. The largest absolute Gasteiger partial charge is 0.411 e. The molecule has 0 fully saturated rings. The van der Waals surface area contributed by atoms with Crippen molar-refractivity contribution in [3.8, 4) is 11.5 Å². The zero-order valence-corrected chi connectivity index (χ0v) is 16.8. The van der Waals surface area contributed by atoms with Gasteiger partial charge in [0.05, 0.1) is 5.25 Å². The SMILES string of the molecule is Cc1cc(C)cc(-c2nnc(S[C@@H](C)C(=O)NCCc3ccc(F)cc3)o2)c1. The fraction of sp³-hybridized carbons (Fsp3) is 0.286. The average molecular weight is 399 g/mol. The molecule has 1 atom stereocenters. The van der Waals surface area contributed by atoms with Gasteiger partial charge in [-0.3, -0.25) is 4.79 Å². The van der Waals surface area contributed by atoms with E-state index >= 15 is 0 Å². The molecule has 2 aromatic carbocycles. The minimum atomic E-state index is -0.374. The van der Waals surface area contributed by atoms with Gasteiger partial charge in [0.1, 0.15) is 5.82 Å². The Morgan fingerprint density at radius 3 is 2.50 bits per heavy atom. The van der Waals surface area contributed by atoms with Crippen LogP contribution in [0.2, 0.25) is 0 Å². The van der Waals surface area contributed by atoms with Crippen molar-refractivity contribution in [2.45, 2.75) is 37.7 Å². The summed E-state index contributed by atoms with van der Waals surface area (Å²) in [4.78, 5) is 12.3. The Kier molecular flexibility index (Phi) is 6.46. The fourth-order valence-corrected chi connectivity index (χ4v) is 3.51. The van der Waals surface area contributed by atoms with Gasteiger partial charge in [-0.05, 0) is 57.0 Å². The molecule has 1 heterocycles. The number of aryl methyl sites for hydroxylation is 2. The number of aromatic nitrogens is 2. The molecule has 1 amide bonds. The summed E-state index contributed by atoms with van der Waals surface area (Å²) in [5.74, 6) is 0.0639. The second-order valence-corrected chi connectivity index (χ2v) is 7.97. The van der Waals surface area contributed by atoms with E-state index < -0.39 is 0 Å². The van der Waals surface area contributed by atoms with Gasteiger partial charge >= 0.3 is 0 Å². The van der Waals surface area contributed by atoms with E-state index in [1.165, 1.54) is 23.9 Å². The Balaban J connectivity index is 1.52. The van der Waals surface area contributed by atoms with Crippen LogP contribution < -0.4 is 5.32 Å². The second kappa shape index (κ2) is 9.01. The molecule has 3 aromatic rings. The number of thioether (sulfide) groups is 1. The van der Waals surface area contributed by atoms with E-state index in [0.717, 1.165) is 22.3 Å². The molecule has 0 saturated heterocycles. The number of nitrogens with zero attached hydrogens (tertiary/aromatic N) is 2. The van der Waals surface area contributed by atoms with E-state index in [2.05, 4.69) is 21.6 Å². The van der Waals surface area contributed by atoms with Crippen LogP contribution in [0, 0.1) is 19.7 Å². The molecule has 0 spiro atoms. The zero-order chi connectivity index (χ0) is 20.1. The minimum absolute atomic E-state index is 0.113. The Hall–Kier alpha value is -2.67. The predicted molar refractivity (Wildman–Crippen MR) is 108 cm³/mol. The number of benzene rings is 2. The quantitative estimate of drug-likeness (QED) is 0.599. The van der Waals surface area contributed by atoms with Crippen molar-refractivity contribution in [2.75, 3.05) is 6.54 Å². The van der Waals surface area contributed by atoms with Crippen LogP contribution >= 0.6 is 11.8 Å². The Labute approximate surface area is 167 Å². The lowest BCUT2D eigenvalue weighted by Gasteiger charge is -2.09. The maximum atomic E-state index is 12.9. The van der Waals surface area contributed by atoms with Gasteiger partial charge in [0.25, 0.3) is 5.22 Å². The zero-order valence-electron chi connectivity index (χ0n) is 16.0. The molecule has 0 saturated carbocycles. The van der Waals surface area contributed by atoms with Crippen molar-refractivity contribution in [2.24, 2.45) is 0 Å². The fourth-order valence-electron chi connectivity index (χ4n) is 2.80. The Morgan fingerprint density at radius 1 is 1.14 bits per heavy atom. The highest BCUT2D eigenvalue weighted by Crippen LogP contribution is 2.27. The van der Waals surface area contributed by atoms with Crippen LogP contribution in [0.1, 0.15) is 23.6 Å². The van der Waals surface area contributed by atoms with Crippen LogP contribution in [0.3, 0.4) is 0 Å². The van der Waals surface area contributed by atoms with E-state index in [9.17, 15) is 9.18 Å². The van der Waals surface area contributed by atoms with Gasteiger partial charge in [-0.25, -0.2) is 4.39 Å². The molecular formula is C21H22FN3O2S. The monoisotopic (exact) mass is 399 g/mol. The van der Waals surface area contributed by atoms with Crippen LogP contribution in [0.15, 0.2) is 52.1 Å². The van der Waals surface area contributed by atoms with E-state index in [1.54, 1.807) is 19.1 Å². The number of carbonyl (C=O) groups is 1. The van der Waals surface area contributed by atoms with Crippen molar-refractivity contribution in [3.05, 3.63) is 65.0 Å². The molecule has 0 unspecified atom stereocenters. The van der Waals surface area contributed by atoms with Gasteiger partial charge in [0.15, 0.2) is 0 Å². The summed E-state index contributed by atoms with van der Waals surface area (Å²) in [7, 11) is 0. The van der Waals surface area contributed by atoms with Gasteiger partial charge < -0.3 is 9.73 Å². The number of hydrogen-bond donors (Lipinski definition) is 1. The van der Waals surface area contributed by atoms with Gasteiger partial charge in [-0.2, -0.15) is 0 Å². The van der Waals surface area contributed by atoms with Crippen LogP contribution in [0.25, 0.3) is 11.5 Å². The van der Waals surface area contributed by atoms with Crippen molar-refractivity contribution in [1.82, 2.24) is 15.5 Å². The summed E-state index contributed by atoms with van der Waals surface area (Å²) in [5.41, 5.74) is 4.08. The summed E-state index contributed by atoms with van der Waals surface area (Å²) >= 11 is 1.22. The third-order valence-electron chi connectivity index (χ3n) is 4.15. The normalized spacial score (nSPS) is 12.0. The molecule has 0 bridgehead atoms. The van der Waals surface area contributed by atoms with Crippen LogP contribution in [-0.2, 0) is 11.2 Å². The molecule has 0 aliphatic heterocycles. The lowest BCUT2D eigenvalue weighted by molar-refractivity contribution is -0.120. The molecule has 0 aliphatic carbocycles. The van der Waals surface area contributed by atoms with E-state index in [4.69, 9.17) is 4.42 Å². The molecule has 1 aromatic heterocycles. The molecule has 3 rings (SSSR count). The lowest BCUT2D eigenvalue weighted by atomic mass is 10.1. The second-order valence-electron chi connectivity index (χ2n) is 6.68. The molecule has 0 radical (unpaired) electrons. The molecule has 146 valence electrons. The number of carbonyl (C=O) groups excluding carboxylic acids is 1. The van der Waals surface area contributed by atoms with Gasteiger partial charge in [0, 0.05) is 12.1 Å². The summed E-state index contributed by atoms with van der Waals surface area (Å²) in [6.45, 7) is 6.30. The van der Waals surface area contributed by atoms with Crippen LogP contribution in [0.5, 0.6) is 0 Å². The van der Waals surface area contributed by atoms with E-state index in [1.807, 2.05) is 26.0 Å². The van der Waals surface area contributed by atoms with Crippen molar-refractivity contribution in [1.29, 1.82) is 0 Å². The first-order valence-corrected chi connectivity index (χ1v) is 9.89. The van der Waals surface area contributed by atoms with Gasteiger partial charge in [-0.15, -0.1) is 10.2 Å². The molecule has 1 N–H and O–H groups in total. The van der Waals surface area contributed by atoms with Crippen LogP contribution in [0.4, 0.5) is 4.39 Å². The number of nitrogens with one attached hydrogen (secondary N) is 1. The predicted octanol–water partition coefficient (Wildman–Crippen LogP) is 4.33. The Bertz CT molecular complexity index is 936. The topological polar surface area (TPSA) is 68.0 Å². The summed E-state index contributed by atoms with van der Waals surface area (Å²) in [6.07, 6.45) is 0.640. The number of rotatable bonds is 7. The first-order valence-electron chi connectivity index (χ1n) is 9.01. The molecular weight excluding hydrogens is 377 g/mol. The summed E-state index contributed by atoms with van der Waals surface area (Å²) in [5, 5.41) is 11.0. The molecule has 0 aliphatic rings. The first-order chi connectivity index (χ1) is 13.4. The van der Waals surface area contributed by atoms with E-state index in [0.29, 0.717) is 24.1 Å². The molecule has 28 heavy (non-hydrogen) atoms. The van der Waals surface area contributed by atoms with Crippen molar-refractivity contribution < 1.29 is 13.6 Å². The third kappa shape index (κ3) is 5.42. The highest BCUT2D eigenvalue weighted by atomic mass is 32.2. The minimum Gasteiger partial charge on any atom is -0.411 e. The summed E-state index contributed by atoms with van der Waals surface area (Å²) in [6, 6.07) is 12.3. The number of amides is 1. The van der Waals surface area contributed by atoms with Crippen LogP contribution in [-0.4, -0.2) is 27.9 Å². The maximum absolute atomic E-state index is 12.9. The third-order valence-corrected chi connectivity index (χ3v) is 5.08. The first kappa shape index (κ1) is 20.1. The summed E-state index contributed by atoms with van der Waals surface area (Å²) < 4.78 is 18.6. The van der Waals surface area contributed by atoms with Crippen molar-refractivity contribution >= 4 is 17.7 Å². The standard InChI is InChI=1S/C21H22FN3O2S/c1-13-10-14(2)12-17(11-13)20-24-25-21(27-20)28-15(3)19(26)23-9-8-16-4-6-18(22)7-5-16/h4-7,10-12,15H,8-9H2,1-3H3,(H,23,26)/t15-/m0/s1. The van der Waals surface area contributed by atoms with Gasteiger partial charge in [0.2, 0.25) is 11.8 Å². The maximum Gasteiger partial charge on any atom is 0.277 e. The molecule has 7 heteroatoms. The number of hydrogen-bond acceptors (Lipinski definition) is 5. The number of halogens is 1.